The normalized spacial score (nSPS) is 13.8. The van der Waals surface area contributed by atoms with Crippen LogP contribution in [0.15, 0.2) is 5.11 Å². The number of carbonyl (C=O) groups excluding carboxylic acids is 1. The number of Topliss-reactive ketones (excluding diaryl/α,β-unsaturated/α-hetero) is 1. The number of aliphatic hydroxyl groups is 1. The molecule has 0 aliphatic carbocycles. The first-order chi connectivity index (χ1) is 8.17. The Morgan fingerprint density at radius 2 is 1.94 bits per heavy atom. The van der Waals surface area contributed by atoms with E-state index < -0.39 is 12.1 Å². The summed E-state index contributed by atoms with van der Waals surface area (Å²) in [4.78, 5) is 14.4. The van der Waals surface area contributed by atoms with E-state index in [0.29, 0.717) is 12.8 Å². The topological polar surface area (TPSA) is 86.1 Å². The molecule has 0 aliphatic heterocycles. The molecule has 0 fully saturated rings. The lowest BCUT2D eigenvalue weighted by Crippen LogP contribution is -2.32. The lowest BCUT2D eigenvalue weighted by Gasteiger charge is -2.16. The van der Waals surface area contributed by atoms with E-state index >= 15 is 0 Å². The molecule has 0 heterocycles. The Balaban J connectivity index is 4.22. The number of aliphatic hydroxyl groups excluding tert-OH is 1. The van der Waals surface area contributed by atoms with Crippen LogP contribution in [0.25, 0.3) is 10.4 Å². The molecule has 0 aromatic rings. The SMILES string of the molecule is CCCCCC(=O)[C@@H](O)[C@H](CCCC)N=[N+]=[N-]. The molecule has 5 heteroatoms. The van der Waals surface area contributed by atoms with E-state index in [4.69, 9.17) is 5.53 Å². The Kier molecular flexibility index (Phi) is 9.49. The highest BCUT2D eigenvalue weighted by atomic mass is 16.3. The van der Waals surface area contributed by atoms with E-state index in [1.165, 1.54) is 0 Å². The maximum Gasteiger partial charge on any atom is 0.161 e. The van der Waals surface area contributed by atoms with Gasteiger partial charge in [0.15, 0.2) is 5.78 Å². The van der Waals surface area contributed by atoms with Gasteiger partial charge >= 0.3 is 0 Å². The van der Waals surface area contributed by atoms with Crippen molar-refractivity contribution in [1.82, 2.24) is 0 Å². The molecule has 98 valence electrons. The molecule has 5 nitrogen and oxygen atoms in total. The minimum atomic E-state index is -1.13. The average Bonchev–Trinajstić information content (AvgIpc) is 2.33. The van der Waals surface area contributed by atoms with Gasteiger partial charge in [-0.25, -0.2) is 0 Å². The molecule has 0 aromatic heterocycles. The predicted molar refractivity (Wildman–Crippen MR) is 67.6 cm³/mol. The van der Waals surface area contributed by atoms with Gasteiger partial charge in [0.05, 0.1) is 6.04 Å². The maximum absolute atomic E-state index is 11.7. The summed E-state index contributed by atoms with van der Waals surface area (Å²) >= 11 is 0. The van der Waals surface area contributed by atoms with Crippen LogP contribution in [0, 0.1) is 0 Å². The average molecular weight is 241 g/mol. The van der Waals surface area contributed by atoms with Gasteiger partial charge in [0.2, 0.25) is 0 Å². The zero-order valence-electron chi connectivity index (χ0n) is 10.8. The third kappa shape index (κ3) is 6.97. The third-order valence-corrected chi connectivity index (χ3v) is 2.77. The molecule has 0 unspecified atom stereocenters. The summed E-state index contributed by atoms with van der Waals surface area (Å²) in [5.41, 5.74) is 8.42. The van der Waals surface area contributed by atoms with Crippen molar-refractivity contribution < 1.29 is 9.90 Å². The van der Waals surface area contributed by atoms with Crippen LogP contribution in [0.4, 0.5) is 0 Å². The number of hydrogen-bond acceptors (Lipinski definition) is 3. The van der Waals surface area contributed by atoms with Crippen LogP contribution in [-0.2, 0) is 4.79 Å². The largest absolute Gasteiger partial charge is 0.385 e. The van der Waals surface area contributed by atoms with Crippen LogP contribution in [0.1, 0.15) is 58.8 Å². The van der Waals surface area contributed by atoms with Crippen molar-refractivity contribution >= 4 is 5.78 Å². The van der Waals surface area contributed by atoms with Crippen molar-refractivity contribution in [2.24, 2.45) is 5.11 Å². The molecule has 0 rings (SSSR count). The van der Waals surface area contributed by atoms with Gasteiger partial charge in [-0.05, 0) is 18.4 Å². The van der Waals surface area contributed by atoms with E-state index in [1.54, 1.807) is 0 Å². The molecule has 0 radical (unpaired) electrons. The minimum Gasteiger partial charge on any atom is -0.385 e. The molecular formula is C12H23N3O2. The summed E-state index contributed by atoms with van der Waals surface area (Å²) in [6.45, 7) is 4.08. The number of unbranched alkanes of at least 4 members (excludes halogenated alkanes) is 3. The number of azide groups is 1. The van der Waals surface area contributed by atoms with E-state index in [1.807, 2.05) is 6.92 Å². The van der Waals surface area contributed by atoms with Gasteiger partial charge in [-0.3, -0.25) is 4.79 Å². The molecule has 0 bridgehead atoms. The second kappa shape index (κ2) is 10.1. The monoisotopic (exact) mass is 241 g/mol. The fraction of sp³-hybridized carbons (Fsp3) is 0.917. The number of ketones is 1. The molecular weight excluding hydrogens is 218 g/mol. The minimum absolute atomic E-state index is 0.202. The second-order valence-electron chi connectivity index (χ2n) is 4.28. The number of carbonyl (C=O) groups is 1. The lowest BCUT2D eigenvalue weighted by atomic mass is 9.98. The van der Waals surface area contributed by atoms with Gasteiger partial charge in [-0.1, -0.05) is 44.6 Å². The highest BCUT2D eigenvalue weighted by Crippen LogP contribution is 2.13. The van der Waals surface area contributed by atoms with Crippen LogP contribution >= 0.6 is 0 Å². The predicted octanol–water partition coefficient (Wildman–Crippen LogP) is 3.37. The van der Waals surface area contributed by atoms with E-state index in [-0.39, 0.29) is 5.78 Å². The summed E-state index contributed by atoms with van der Waals surface area (Å²) in [6.07, 6.45) is 4.44. The first-order valence-corrected chi connectivity index (χ1v) is 6.42. The van der Waals surface area contributed by atoms with Gasteiger partial charge in [0, 0.05) is 11.3 Å². The van der Waals surface area contributed by atoms with Crippen LogP contribution in [0.3, 0.4) is 0 Å². The fourth-order valence-corrected chi connectivity index (χ4v) is 1.67. The summed E-state index contributed by atoms with van der Waals surface area (Å²) in [5, 5.41) is 13.3. The number of nitrogens with zero attached hydrogens (tertiary/aromatic N) is 3. The van der Waals surface area contributed by atoms with Crippen molar-refractivity contribution in [2.45, 2.75) is 70.9 Å². The van der Waals surface area contributed by atoms with Crippen molar-refractivity contribution in [2.75, 3.05) is 0 Å². The summed E-state index contributed by atoms with van der Waals surface area (Å²) in [7, 11) is 0. The molecule has 0 aromatic carbocycles. The molecule has 0 amide bonds. The zero-order chi connectivity index (χ0) is 13.1. The summed E-state index contributed by atoms with van der Waals surface area (Å²) in [6, 6.07) is -0.603. The van der Waals surface area contributed by atoms with Crippen molar-refractivity contribution in [3.63, 3.8) is 0 Å². The molecule has 0 spiro atoms. The van der Waals surface area contributed by atoms with Crippen molar-refractivity contribution in [3.05, 3.63) is 10.4 Å². The first kappa shape index (κ1) is 15.9. The van der Waals surface area contributed by atoms with Crippen LogP contribution in [-0.4, -0.2) is 23.0 Å². The van der Waals surface area contributed by atoms with E-state index in [9.17, 15) is 9.90 Å². The van der Waals surface area contributed by atoms with Gasteiger partial charge in [0.25, 0.3) is 0 Å². The zero-order valence-corrected chi connectivity index (χ0v) is 10.8. The number of rotatable bonds is 10. The van der Waals surface area contributed by atoms with Crippen LogP contribution in [0.2, 0.25) is 0 Å². The quantitative estimate of drug-likeness (QED) is 0.275. The summed E-state index contributed by atoms with van der Waals surface area (Å²) in [5.74, 6) is -0.202. The van der Waals surface area contributed by atoms with E-state index in [2.05, 4.69) is 16.9 Å². The van der Waals surface area contributed by atoms with Crippen LogP contribution in [0.5, 0.6) is 0 Å². The van der Waals surface area contributed by atoms with Gasteiger partial charge in [0.1, 0.15) is 6.10 Å². The molecule has 2 atom stereocenters. The molecule has 17 heavy (non-hydrogen) atoms. The Bertz CT molecular complexity index is 262. The molecule has 0 saturated carbocycles. The van der Waals surface area contributed by atoms with Crippen molar-refractivity contribution in [3.8, 4) is 0 Å². The number of hydrogen-bond donors (Lipinski definition) is 1. The smallest absolute Gasteiger partial charge is 0.161 e. The van der Waals surface area contributed by atoms with Gasteiger partial charge < -0.3 is 5.11 Å². The first-order valence-electron chi connectivity index (χ1n) is 6.42. The Labute approximate surface area is 103 Å². The van der Waals surface area contributed by atoms with Crippen molar-refractivity contribution in [1.29, 1.82) is 0 Å². The maximum atomic E-state index is 11.7. The third-order valence-electron chi connectivity index (χ3n) is 2.77. The van der Waals surface area contributed by atoms with Gasteiger partial charge in [-0.2, -0.15) is 0 Å². The highest BCUT2D eigenvalue weighted by molar-refractivity contribution is 5.83. The molecule has 0 aliphatic rings. The van der Waals surface area contributed by atoms with Gasteiger partial charge in [-0.15, -0.1) is 0 Å². The fourth-order valence-electron chi connectivity index (χ4n) is 1.67. The second-order valence-corrected chi connectivity index (χ2v) is 4.28. The Hall–Kier alpha value is -1.06. The Morgan fingerprint density at radius 3 is 2.47 bits per heavy atom. The van der Waals surface area contributed by atoms with E-state index in [0.717, 1.165) is 32.1 Å². The molecule has 0 saturated heterocycles. The summed E-state index contributed by atoms with van der Waals surface area (Å²) < 4.78 is 0. The standard InChI is InChI=1S/C12H23N3O2/c1-3-5-7-9-11(16)12(17)10(14-15-13)8-6-4-2/h10,12,17H,3-9H2,1-2H3/t10-,12-/m0/s1. The lowest BCUT2D eigenvalue weighted by molar-refractivity contribution is -0.128. The highest BCUT2D eigenvalue weighted by Gasteiger charge is 2.23. The van der Waals surface area contributed by atoms with Crippen LogP contribution < -0.4 is 0 Å². The Morgan fingerprint density at radius 1 is 1.29 bits per heavy atom. The molecule has 1 N–H and O–H groups in total.